The zero-order valence-corrected chi connectivity index (χ0v) is 14.3. The molecule has 2 aromatic rings. The van der Waals surface area contributed by atoms with Crippen molar-refractivity contribution in [1.29, 1.82) is 0 Å². The van der Waals surface area contributed by atoms with Crippen LogP contribution in [-0.4, -0.2) is 32.8 Å². The fraction of sp³-hybridized carbons (Fsp3) is 0.267. The van der Waals surface area contributed by atoms with Gasteiger partial charge in [0, 0.05) is 24.7 Å². The lowest BCUT2D eigenvalue weighted by molar-refractivity contribution is -0.139. The van der Waals surface area contributed by atoms with Gasteiger partial charge in [-0.05, 0) is 24.6 Å². The Balaban J connectivity index is 2.23. The summed E-state index contributed by atoms with van der Waals surface area (Å²) in [6.07, 6.45) is 1.67. The number of carboxylic acids is 1. The van der Waals surface area contributed by atoms with Crippen LogP contribution in [0.3, 0.4) is 0 Å². The van der Waals surface area contributed by atoms with E-state index in [0.717, 1.165) is 12.1 Å². The molecule has 2 N–H and O–H groups in total. The average Bonchev–Trinajstić information content (AvgIpc) is 2.79. The highest BCUT2D eigenvalue weighted by Crippen LogP contribution is 2.24. The highest BCUT2D eigenvalue weighted by atomic mass is 35.5. The van der Waals surface area contributed by atoms with Crippen LogP contribution < -0.4 is 5.32 Å². The lowest BCUT2D eigenvalue weighted by Crippen LogP contribution is -2.42. The molecule has 0 bridgehead atoms. The minimum Gasteiger partial charge on any atom is -0.480 e. The number of amides is 1. The topological polar surface area (TPSA) is 84.2 Å². The number of aryl methyl sites for hydroxylation is 2. The maximum Gasteiger partial charge on any atom is 0.326 e. The summed E-state index contributed by atoms with van der Waals surface area (Å²) in [4.78, 5) is 23.6. The molecule has 0 radical (unpaired) electrons. The summed E-state index contributed by atoms with van der Waals surface area (Å²) < 4.78 is 15.5. The van der Waals surface area contributed by atoms with Gasteiger partial charge in [0.15, 0.2) is 5.82 Å². The lowest BCUT2D eigenvalue weighted by Gasteiger charge is -2.15. The normalized spacial score (nSPS) is 12.0. The lowest BCUT2D eigenvalue weighted by atomic mass is 10.1. The second-order valence-corrected chi connectivity index (χ2v) is 6.07. The van der Waals surface area contributed by atoms with Gasteiger partial charge in [0.25, 0.3) is 5.91 Å². The number of carboxylic acid groups (broad SMARTS) is 1. The third kappa shape index (κ3) is 4.04. The molecule has 2 rings (SSSR count). The molecule has 0 spiro atoms. The van der Waals surface area contributed by atoms with Crippen LogP contribution in [0.1, 0.15) is 21.6 Å². The Morgan fingerprint density at radius 1 is 1.42 bits per heavy atom. The van der Waals surface area contributed by atoms with Crippen LogP contribution in [0.25, 0.3) is 0 Å². The van der Waals surface area contributed by atoms with E-state index in [4.69, 9.17) is 23.2 Å². The first-order valence-electron chi connectivity index (χ1n) is 6.86. The maximum atomic E-state index is 14.0. The highest BCUT2D eigenvalue weighted by molar-refractivity contribution is 6.35. The molecule has 0 aliphatic rings. The van der Waals surface area contributed by atoms with E-state index in [2.05, 4.69) is 10.4 Å². The summed E-state index contributed by atoms with van der Waals surface area (Å²) in [6.45, 7) is 1.73. The van der Waals surface area contributed by atoms with Gasteiger partial charge in [0.2, 0.25) is 0 Å². The molecule has 0 aliphatic heterocycles. The first kappa shape index (κ1) is 18.2. The van der Waals surface area contributed by atoms with Gasteiger partial charge in [-0.15, -0.1) is 0 Å². The summed E-state index contributed by atoms with van der Waals surface area (Å²) in [5, 5.41) is 15.5. The first-order valence-corrected chi connectivity index (χ1v) is 7.62. The van der Waals surface area contributed by atoms with Gasteiger partial charge in [-0.2, -0.15) is 5.10 Å². The molecule has 24 heavy (non-hydrogen) atoms. The van der Waals surface area contributed by atoms with Crippen molar-refractivity contribution in [2.24, 2.45) is 7.05 Å². The van der Waals surface area contributed by atoms with Crippen LogP contribution in [0.2, 0.25) is 10.0 Å². The fourth-order valence-electron chi connectivity index (χ4n) is 2.23. The van der Waals surface area contributed by atoms with E-state index in [-0.39, 0.29) is 16.5 Å². The smallest absolute Gasteiger partial charge is 0.326 e. The molecule has 0 aliphatic carbocycles. The number of benzene rings is 1. The monoisotopic (exact) mass is 373 g/mol. The SMILES string of the molecule is Cc1nn(C)cc1CC(NC(=O)c1cc(Cl)cc(Cl)c1F)C(=O)O. The van der Waals surface area contributed by atoms with Crippen LogP contribution in [0.15, 0.2) is 18.3 Å². The Labute approximate surface area is 147 Å². The quantitative estimate of drug-likeness (QED) is 0.788. The molecule has 128 valence electrons. The molecule has 1 aromatic carbocycles. The molecule has 1 unspecified atom stereocenters. The third-order valence-electron chi connectivity index (χ3n) is 3.38. The molecule has 1 atom stereocenters. The molecule has 0 fully saturated rings. The number of aliphatic carboxylic acids is 1. The number of hydrogen-bond donors (Lipinski definition) is 2. The standard InChI is InChI=1S/C15H14Cl2FN3O3/c1-7-8(6-21(2)20-7)3-12(15(23)24)19-14(22)10-4-9(16)5-11(17)13(10)18/h4-6,12H,3H2,1-2H3,(H,19,22)(H,23,24). The predicted octanol–water partition coefficient (Wildman–Crippen LogP) is 2.60. The Kier molecular flexibility index (Phi) is 5.46. The van der Waals surface area contributed by atoms with Crippen molar-refractivity contribution in [3.05, 3.63) is 51.0 Å². The summed E-state index contributed by atoms with van der Waals surface area (Å²) in [5.41, 5.74) is 0.895. The van der Waals surface area contributed by atoms with Gasteiger partial charge in [-0.1, -0.05) is 23.2 Å². The number of aromatic nitrogens is 2. The van der Waals surface area contributed by atoms with Crippen LogP contribution in [-0.2, 0) is 18.3 Å². The van der Waals surface area contributed by atoms with Crippen LogP contribution in [0.4, 0.5) is 4.39 Å². The van der Waals surface area contributed by atoms with Crippen LogP contribution in [0.5, 0.6) is 0 Å². The van der Waals surface area contributed by atoms with Crippen molar-refractivity contribution in [2.75, 3.05) is 0 Å². The Hall–Kier alpha value is -2.12. The van der Waals surface area contributed by atoms with Gasteiger partial charge < -0.3 is 10.4 Å². The number of hydrogen-bond acceptors (Lipinski definition) is 3. The number of halogens is 3. The van der Waals surface area contributed by atoms with Crippen molar-refractivity contribution in [2.45, 2.75) is 19.4 Å². The summed E-state index contributed by atoms with van der Waals surface area (Å²) >= 11 is 11.4. The molecule has 9 heteroatoms. The van der Waals surface area contributed by atoms with E-state index in [1.54, 1.807) is 24.9 Å². The highest BCUT2D eigenvalue weighted by Gasteiger charge is 2.25. The molecule has 1 heterocycles. The Bertz CT molecular complexity index is 808. The molecule has 6 nitrogen and oxygen atoms in total. The minimum absolute atomic E-state index is 0.0106. The van der Waals surface area contributed by atoms with Crippen molar-refractivity contribution in [3.8, 4) is 0 Å². The van der Waals surface area contributed by atoms with Crippen LogP contribution in [0, 0.1) is 12.7 Å². The first-order chi connectivity index (χ1) is 11.2. The molecular formula is C15H14Cl2FN3O3. The Morgan fingerprint density at radius 3 is 2.62 bits per heavy atom. The fourth-order valence-corrected chi connectivity index (χ4v) is 2.72. The van der Waals surface area contributed by atoms with E-state index in [1.165, 1.54) is 0 Å². The van der Waals surface area contributed by atoms with E-state index < -0.39 is 29.3 Å². The number of carbonyl (C=O) groups excluding carboxylic acids is 1. The van der Waals surface area contributed by atoms with Gasteiger partial charge in [0.1, 0.15) is 6.04 Å². The number of nitrogens with one attached hydrogen (secondary N) is 1. The zero-order chi connectivity index (χ0) is 18.0. The number of carbonyl (C=O) groups is 2. The molecule has 1 amide bonds. The molecule has 0 saturated heterocycles. The molecular weight excluding hydrogens is 360 g/mol. The van der Waals surface area contributed by atoms with Gasteiger partial charge in [-0.3, -0.25) is 9.48 Å². The van der Waals surface area contributed by atoms with E-state index in [9.17, 15) is 19.1 Å². The van der Waals surface area contributed by atoms with Crippen molar-refractivity contribution in [1.82, 2.24) is 15.1 Å². The maximum absolute atomic E-state index is 14.0. The average molecular weight is 374 g/mol. The van der Waals surface area contributed by atoms with Gasteiger partial charge >= 0.3 is 5.97 Å². The zero-order valence-electron chi connectivity index (χ0n) is 12.8. The van der Waals surface area contributed by atoms with Crippen molar-refractivity contribution >= 4 is 35.1 Å². The number of nitrogens with zero attached hydrogens (tertiary/aromatic N) is 2. The minimum atomic E-state index is -1.25. The summed E-state index contributed by atoms with van der Waals surface area (Å²) in [7, 11) is 1.70. The van der Waals surface area contributed by atoms with Crippen molar-refractivity contribution in [3.63, 3.8) is 0 Å². The molecule has 0 saturated carbocycles. The second kappa shape index (κ2) is 7.19. The number of rotatable bonds is 5. The van der Waals surface area contributed by atoms with E-state index in [0.29, 0.717) is 11.3 Å². The Morgan fingerprint density at radius 2 is 2.08 bits per heavy atom. The predicted molar refractivity (Wildman–Crippen MR) is 87.0 cm³/mol. The van der Waals surface area contributed by atoms with Gasteiger partial charge in [0.05, 0.1) is 16.3 Å². The summed E-state index contributed by atoms with van der Waals surface area (Å²) in [6, 6.07) is 0.993. The third-order valence-corrected chi connectivity index (χ3v) is 3.87. The summed E-state index contributed by atoms with van der Waals surface area (Å²) in [5.74, 6) is -3.12. The van der Waals surface area contributed by atoms with Gasteiger partial charge in [-0.25, -0.2) is 9.18 Å². The van der Waals surface area contributed by atoms with Crippen molar-refractivity contribution < 1.29 is 19.1 Å². The van der Waals surface area contributed by atoms with E-state index in [1.807, 2.05) is 0 Å². The van der Waals surface area contributed by atoms with E-state index >= 15 is 0 Å². The van der Waals surface area contributed by atoms with Crippen LogP contribution >= 0.6 is 23.2 Å². The largest absolute Gasteiger partial charge is 0.480 e. The molecule has 1 aromatic heterocycles. The second-order valence-electron chi connectivity index (χ2n) is 5.23.